The Bertz CT molecular complexity index is 614. The Hall–Kier alpha value is -2.01. The summed E-state index contributed by atoms with van der Waals surface area (Å²) in [5.41, 5.74) is 1.73. The number of hydrogen-bond acceptors (Lipinski definition) is 5. The van der Waals surface area contributed by atoms with Gasteiger partial charge in [0.25, 0.3) is 0 Å². The van der Waals surface area contributed by atoms with Crippen molar-refractivity contribution in [3.63, 3.8) is 0 Å². The molecule has 1 aliphatic heterocycles. The van der Waals surface area contributed by atoms with E-state index in [2.05, 4.69) is 37.3 Å². The molecule has 1 aliphatic carbocycles. The molecule has 5 nitrogen and oxygen atoms in total. The summed E-state index contributed by atoms with van der Waals surface area (Å²) in [6.45, 7) is 3.35. The van der Waals surface area contributed by atoms with Crippen LogP contribution in [0.5, 0.6) is 0 Å². The van der Waals surface area contributed by atoms with E-state index in [4.69, 9.17) is 0 Å². The van der Waals surface area contributed by atoms with Gasteiger partial charge in [0, 0.05) is 31.2 Å². The molecule has 2 aliphatic rings. The number of pyridine rings is 1. The van der Waals surface area contributed by atoms with E-state index in [1.807, 2.05) is 18.3 Å². The van der Waals surface area contributed by atoms with Gasteiger partial charge in [-0.1, -0.05) is 6.07 Å². The molecule has 0 amide bonds. The molecule has 3 heterocycles. The van der Waals surface area contributed by atoms with E-state index in [9.17, 15) is 0 Å². The number of rotatable bonds is 4. The predicted molar refractivity (Wildman–Crippen MR) is 89.9 cm³/mol. The first-order valence-corrected chi connectivity index (χ1v) is 8.47. The fraction of sp³-hybridized carbons (Fsp3) is 0.500. The van der Waals surface area contributed by atoms with Gasteiger partial charge in [0.15, 0.2) is 0 Å². The van der Waals surface area contributed by atoms with Crippen molar-refractivity contribution in [1.82, 2.24) is 19.9 Å². The van der Waals surface area contributed by atoms with E-state index in [0.717, 1.165) is 12.5 Å². The second kappa shape index (κ2) is 6.24. The Morgan fingerprint density at radius 3 is 2.43 bits per heavy atom. The van der Waals surface area contributed by atoms with Gasteiger partial charge in [0.1, 0.15) is 0 Å². The van der Waals surface area contributed by atoms with Crippen LogP contribution in [0.4, 0.5) is 5.95 Å². The fourth-order valence-electron chi connectivity index (χ4n) is 3.96. The third-order valence-electron chi connectivity index (χ3n) is 5.29. The molecule has 5 heteroatoms. The third kappa shape index (κ3) is 3.34. The molecular weight excluding hydrogens is 286 g/mol. The van der Waals surface area contributed by atoms with Crippen molar-refractivity contribution in [3.05, 3.63) is 48.5 Å². The van der Waals surface area contributed by atoms with Gasteiger partial charge < -0.3 is 5.32 Å². The highest BCUT2D eigenvalue weighted by Gasteiger charge is 2.45. The molecule has 0 radical (unpaired) electrons. The van der Waals surface area contributed by atoms with Crippen LogP contribution in [0.15, 0.2) is 42.9 Å². The SMILES string of the molecule is c1ccc(CN2CCC3(CC2)CC(Nc2ncccn2)C3)nc1. The molecule has 1 saturated heterocycles. The van der Waals surface area contributed by atoms with Gasteiger partial charge in [-0.05, 0) is 62.4 Å². The van der Waals surface area contributed by atoms with Crippen LogP contribution in [0.2, 0.25) is 0 Å². The highest BCUT2D eigenvalue weighted by Crippen LogP contribution is 2.49. The molecule has 0 atom stereocenters. The molecule has 2 aromatic rings. The number of nitrogens with one attached hydrogen (secondary N) is 1. The Balaban J connectivity index is 1.25. The molecule has 1 N–H and O–H groups in total. The Morgan fingerprint density at radius 2 is 1.74 bits per heavy atom. The lowest BCUT2D eigenvalue weighted by Gasteiger charge is -2.52. The average Bonchev–Trinajstić information content (AvgIpc) is 2.57. The van der Waals surface area contributed by atoms with E-state index in [-0.39, 0.29) is 0 Å². The maximum atomic E-state index is 4.44. The molecule has 0 bridgehead atoms. The summed E-state index contributed by atoms with van der Waals surface area (Å²) >= 11 is 0. The van der Waals surface area contributed by atoms with Crippen LogP contribution in [-0.4, -0.2) is 39.0 Å². The molecule has 2 fully saturated rings. The first-order valence-electron chi connectivity index (χ1n) is 8.47. The standard InChI is InChI=1S/C18H23N5/c1-2-7-19-15(4-1)14-23-10-5-18(6-11-23)12-16(13-18)22-17-20-8-3-9-21-17/h1-4,7-9,16H,5-6,10-14H2,(H,20,21,22). The van der Waals surface area contributed by atoms with Crippen LogP contribution < -0.4 is 5.32 Å². The van der Waals surface area contributed by atoms with E-state index in [0.29, 0.717) is 11.5 Å². The van der Waals surface area contributed by atoms with E-state index >= 15 is 0 Å². The number of aromatic nitrogens is 3. The number of nitrogens with zero attached hydrogens (tertiary/aromatic N) is 4. The summed E-state index contributed by atoms with van der Waals surface area (Å²) in [7, 11) is 0. The average molecular weight is 309 g/mol. The van der Waals surface area contributed by atoms with Crippen molar-refractivity contribution in [1.29, 1.82) is 0 Å². The normalized spacial score (nSPS) is 21.0. The summed E-state index contributed by atoms with van der Waals surface area (Å²) in [5.74, 6) is 0.764. The highest BCUT2D eigenvalue weighted by molar-refractivity contribution is 5.26. The monoisotopic (exact) mass is 309 g/mol. The van der Waals surface area contributed by atoms with E-state index in [1.54, 1.807) is 12.4 Å². The molecule has 1 spiro atoms. The third-order valence-corrected chi connectivity index (χ3v) is 5.29. The lowest BCUT2D eigenvalue weighted by Crippen LogP contribution is -2.51. The van der Waals surface area contributed by atoms with Gasteiger partial charge in [-0.25, -0.2) is 9.97 Å². The quantitative estimate of drug-likeness (QED) is 0.941. The maximum absolute atomic E-state index is 4.44. The number of anilines is 1. The molecule has 0 aromatic carbocycles. The zero-order valence-corrected chi connectivity index (χ0v) is 13.4. The topological polar surface area (TPSA) is 53.9 Å². The van der Waals surface area contributed by atoms with Gasteiger partial charge in [-0.3, -0.25) is 9.88 Å². The number of piperidine rings is 1. The maximum Gasteiger partial charge on any atom is 0.222 e. The fourth-order valence-corrected chi connectivity index (χ4v) is 3.96. The minimum atomic E-state index is 0.541. The van der Waals surface area contributed by atoms with Crippen molar-refractivity contribution in [2.75, 3.05) is 18.4 Å². The van der Waals surface area contributed by atoms with Crippen LogP contribution in [0, 0.1) is 5.41 Å². The largest absolute Gasteiger partial charge is 0.351 e. The number of likely N-dealkylation sites (tertiary alicyclic amines) is 1. The van der Waals surface area contributed by atoms with Gasteiger partial charge in [0.05, 0.1) is 5.69 Å². The van der Waals surface area contributed by atoms with Gasteiger partial charge >= 0.3 is 0 Å². The minimum absolute atomic E-state index is 0.541. The molecule has 4 rings (SSSR count). The van der Waals surface area contributed by atoms with Gasteiger partial charge in [-0.2, -0.15) is 0 Å². The molecule has 0 unspecified atom stereocenters. The Kier molecular flexibility index (Phi) is 3.95. The Morgan fingerprint density at radius 1 is 1.00 bits per heavy atom. The first kappa shape index (κ1) is 14.6. The van der Waals surface area contributed by atoms with Crippen molar-refractivity contribution in [3.8, 4) is 0 Å². The van der Waals surface area contributed by atoms with Crippen molar-refractivity contribution < 1.29 is 0 Å². The van der Waals surface area contributed by atoms with Crippen molar-refractivity contribution in [2.45, 2.75) is 38.3 Å². The summed E-state index contributed by atoms with van der Waals surface area (Å²) in [4.78, 5) is 15.5. The Labute approximate surface area is 137 Å². The molecule has 23 heavy (non-hydrogen) atoms. The smallest absolute Gasteiger partial charge is 0.222 e. The molecular formula is C18H23N5. The zero-order chi connectivity index (χ0) is 15.5. The summed E-state index contributed by atoms with van der Waals surface area (Å²) in [6, 6.07) is 8.56. The second-order valence-corrected chi connectivity index (χ2v) is 6.92. The van der Waals surface area contributed by atoms with Crippen LogP contribution in [0.25, 0.3) is 0 Å². The summed E-state index contributed by atoms with van der Waals surface area (Å²) in [5, 5.41) is 3.46. The lowest BCUT2D eigenvalue weighted by atomic mass is 9.60. The lowest BCUT2D eigenvalue weighted by molar-refractivity contribution is 0.0205. The molecule has 120 valence electrons. The summed E-state index contributed by atoms with van der Waals surface area (Å²) in [6.07, 6.45) is 10.6. The first-order chi connectivity index (χ1) is 11.3. The minimum Gasteiger partial charge on any atom is -0.351 e. The second-order valence-electron chi connectivity index (χ2n) is 6.92. The van der Waals surface area contributed by atoms with Gasteiger partial charge in [-0.15, -0.1) is 0 Å². The van der Waals surface area contributed by atoms with E-state index < -0.39 is 0 Å². The van der Waals surface area contributed by atoms with Crippen LogP contribution in [0.1, 0.15) is 31.4 Å². The molecule has 2 aromatic heterocycles. The van der Waals surface area contributed by atoms with Crippen LogP contribution in [-0.2, 0) is 6.54 Å². The number of hydrogen-bond donors (Lipinski definition) is 1. The predicted octanol–water partition coefficient (Wildman–Crippen LogP) is 2.73. The van der Waals surface area contributed by atoms with Crippen molar-refractivity contribution in [2.24, 2.45) is 5.41 Å². The zero-order valence-electron chi connectivity index (χ0n) is 13.4. The van der Waals surface area contributed by atoms with Crippen LogP contribution >= 0.6 is 0 Å². The van der Waals surface area contributed by atoms with Gasteiger partial charge in [0.2, 0.25) is 5.95 Å². The van der Waals surface area contributed by atoms with Crippen LogP contribution in [0.3, 0.4) is 0 Å². The van der Waals surface area contributed by atoms with Crippen molar-refractivity contribution >= 4 is 5.95 Å². The molecule has 1 saturated carbocycles. The highest BCUT2D eigenvalue weighted by atomic mass is 15.2. The van der Waals surface area contributed by atoms with E-state index in [1.165, 1.54) is 44.5 Å². The summed E-state index contributed by atoms with van der Waals surface area (Å²) < 4.78 is 0.